The number of esters is 1. The van der Waals surface area contributed by atoms with E-state index in [0.29, 0.717) is 5.69 Å². The Hall–Kier alpha value is -1.42. The maximum atomic E-state index is 11.7. The third kappa shape index (κ3) is 5.41. The van der Waals surface area contributed by atoms with Crippen LogP contribution in [0.4, 0.5) is 5.69 Å². The number of halogens is 1. The average Bonchev–Trinajstić information content (AvgIpc) is 2.75. The molecule has 118 valence electrons. The van der Waals surface area contributed by atoms with Gasteiger partial charge < -0.3 is 10.1 Å². The van der Waals surface area contributed by atoms with Crippen LogP contribution in [-0.4, -0.2) is 32.7 Å². The average molecular weight is 435 g/mol. The monoisotopic (exact) mass is 435 g/mol. The Labute approximate surface area is 142 Å². The number of carbonyl (C=O) groups is 2. The molecule has 0 aliphatic carbocycles. The molecule has 0 saturated heterocycles. The molecule has 1 aliphatic rings. The second kappa shape index (κ2) is 7.23. The molecule has 1 aliphatic heterocycles. The molecule has 6 nitrogen and oxygen atoms in total. The lowest BCUT2D eigenvalue weighted by Crippen LogP contribution is -2.22. The summed E-state index contributed by atoms with van der Waals surface area (Å²) >= 11 is 2.12. The van der Waals surface area contributed by atoms with Gasteiger partial charge in [0.25, 0.3) is 5.91 Å². The summed E-state index contributed by atoms with van der Waals surface area (Å²) in [6.07, 6.45) is 1.43. The van der Waals surface area contributed by atoms with Crippen LogP contribution in [-0.2, 0) is 24.2 Å². The molecule has 1 unspecified atom stereocenters. The van der Waals surface area contributed by atoms with E-state index >= 15 is 0 Å². The first-order valence-electron chi connectivity index (χ1n) is 6.46. The van der Waals surface area contributed by atoms with E-state index in [2.05, 4.69) is 27.9 Å². The van der Waals surface area contributed by atoms with Crippen molar-refractivity contribution in [2.24, 2.45) is 5.92 Å². The van der Waals surface area contributed by atoms with Crippen molar-refractivity contribution in [3.8, 4) is 0 Å². The number of benzene rings is 1. The first kappa shape index (κ1) is 16.9. The summed E-state index contributed by atoms with van der Waals surface area (Å²) in [7, 11) is -3.19. The van der Waals surface area contributed by atoms with Gasteiger partial charge in [-0.3, -0.25) is 9.59 Å². The van der Waals surface area contributed by atoms with Crippen LogP contribution in [0.5, 0.6) is 0 Å². The molecule has 2 rings (SSSR count). The molecule has 0 aromatic heterocycles. The van der Waals surface area contributed by atoms with Gasteiger partial charge in [-0.25, -0.2) is 8.42 Å². The maximum absolute atomic E-state index is 11.7. The Balaban J connectivity index is 1.74. The smallest absolute Gasteiger partial charge is 0.306 e. The lowest BCUT2D eigenvalue weighted by atomic mass is 10.1. The summed E-state index contributed by atoms with van der Waals surface area (Å²) in [5.74, 6) is -1.50. The van der Waals surface area contributed by atoms with Gasteiger partial charge in [-0.1, -0.05) is 12.1 Å². The molecule has 1 atom stereocenters. The van der Waals surface area contributed by atoms with Crippen molar-refractivity contribution in [3.63, 3.8) is 0 Å². The maximum Gasteiger partial charge on any atom is 0.306 e. The van der Waals surface area contributed by atoms with Crippen LogP contribution in [0, 0.1) is 9.49 Å². The molecular formula is C14H14INO5S. The van der Waals surface area contributed by atoms with Crippen LogP contribution in [0.15, 0.2) is 35.7 Å². The molecule has 0 fully saturated rings. The zero-order chi connectivity index (χ0) is 16.2. The molecule has 0 bridgehead atoms. The van der Waals surface area contributed by atoms with Gasteiger partial charge in [0.2, 0.25) is 0 Å². The van der Waals surface area contributed by atoms with Gasteiger partial charge in [0.1, 0.15) is 0 Å². The van der Waals surface area contributed by atoms with Crippen molar-refractivity contribution in [1.82, 2.24) is 0 Å². The third-order valence-corrected chi connectivity index (χ3v) is 5.04. The fourth-order valence-electron chi connectivity index (χ4n) is 1.95. The van der Waals surface area contributed by atoms with Crippen molar-refractivity contribution in [1.29, 1.82) is 0 Å². The van der Waals surface area contributed by atoms with E-state index < -0.39 is 28.3 Å². The number of carbonyl (C=O) groups excluding carboxylic acids is 2. The van der Waals surface area contributed by atoms with E-state index in [1.807, 2.05) is 6.07 Å². The predicted octanol–water partition coefficient (Wildman–Crippen LogP) is 1.72. The van der Waals surface area contributed by atoms with Crippen molar-refractivity contribution < 1.29 is 22.7 Å². The highest BCUT2D eigenvalue weighted by atomic mass is 127. The molecular weight excluding hydrogens is 421 g/mol. The summed E-state index contributed by atoms with van der Waals surface area (Å²) < 4.78 is 28.3. The number of sulfone groups is 1. The highest BCUT2D eigenvalue weighted by Crippen LogP contribution is 2.18. The number of hydrogen-bond acceptors (Lipinski definition) is 5. The number of hydrogen-bond donors (Lipinski definition) is 1. The first-order valence-corrected chi connectivity index (χ1v) is 9.25. The molecule has 22 heavy (non-hydrogen) atoms. The Kier molecular flexibility index (Phi) is 5.57. The predicted molar refractivity (Wildman–Crippen MR) is 89.8 cm³/mol. The van der Waals surface area contributed by atoms with Gasteiger partial charge in [-0.2, -0.15) is 0 Å². The summed E-state index contributed by atoms with van der Waals surface area (Å²) in [6, 6.07) is 7.21. The molecule has 1 aromatic carbocycles. The van der Waals surface area contributed by atoms with Crippen LogP contribution < -0.4 is 5.32 Å². The Bertz CT molecular complexity index is 714. The zero-order valence-electron chi connectivity index (χ0n) is 11.5. The fourth-order valence-corrected chi connectivity index (χ4v) is 3.89. The Morgan fingerprint density at radius 3 is 2.77 bits per heavy atom. The number of nitrogens with one attached hydrogen (secondary N) is 1. The van der Waals surface area contributed by atoms with Gasteiger partial charge in [0, 0.05) is 20.6 Å². The zero-order valence-corrected chi connectivity index (χ0v) is 14.5. The van der Waals surface area contributed by atoms with Crippen molar-refractivity contribution in [2.75, 3.05) is 17.7 Å². The minimum atomic E-state index is -3.19. The highest BCUT2D eigenvalue weighted by molar-refractivity contribution is 14.1. The Morgan fingerprint density at radius 1 is 1.36 bits per heavy atom. The minimum Gasteiger partial charge on any atom is -0.456 e. The lowest BCUT2D eigenvalue weighted by Gasteiger charge is -2.08. The molecule has 0 saturated carbocycles. The highest BCUT2D eigenvalue weighted by Gasteiger charge is 2.24. The third-order valence-electron chi connectivity index (χ3n) is 2.91. The standard InChI is InChI=1S/C14H14INO5S/c15-11-2-1-3-12(7-11)16-13(17)8-21-14(18)6-10-4-5-22(19,20)9-10/h1-5,7,10H,6,8-9H2,(H,16,17). The van der Waals surface area contributed by atoms with Gasteiger partial charge in [0.05, 0.1) is 12.2 Å². The molecule has 0 radical (unpaired) electrons. The quantitative estimate of drug-likeness (QED) is 0.562. The Morgan fingerprint density at radius 2 is 2.14 bits per heavy atom. The lowest BCUT2D eigenvalue weighted by molar-refractivity contribution is -0.147. The van der Waals surface area contributed by atoms with Crippen molar-refractivity contribution in [2.45, 2.75) is 6.42 Å². The molecule has 1 N–H and O–H groups in total. The van der Waals surface area contributed by atoms with E-state index in [1.54, 1.807) is 18.2 Å². The number of ether oxygens (including phenoxy) is 1. The van der Waals surface area contributed by atoms with E-state index in [4.69, 9.17) is 4.74 Å². The fraction of sp³-hybridized carbons (Fsp3) is 0.286. The van der Waals surface area contributed by atoms with Gasteiger partial charge >= 0.3 is 5.97 Å². The number of amides is 1. The summed E-state index contributed by atoms with van der Waals surface area (Å²) in [5, 5.41) is 3.72. The normalized spacial score (nSPS) is 18.9. The van der Waals surface area contributed by atoms with Crippen LogP contribution in [0.1, 0.15) is 6.42 Å². The van der Waals surface area contributed by atoms with Crippen LogP contribution in [0.25, 0.3) is 0 Å². The van der Waals surface area contributed by atoms with Gasteiger partial charge in [-0.05, 0) is 40.8 Å². The summed E-state index contributed by atoms with van der Waals surface area (Å²) in [4.78, 5) is 23.3. The molecule has 1 heterocycles. The second-order valence-electron chi connectivity index (χ2n) is 4.84. The molecule has 0 spiro atoms. The first-order chi connectivity index (χ1) is 10.3. The van der Waals surface area contributed by atoms with Crippen molar-refractivity contribution >= 4 is 50.0 Å². The van der Waals surface area contributed by atoms with Crippen LogP contribution in [0.2, 0.25) is 0 Å². The van der Waals surface area contributed by atoms with Crippen LogP contribution in [0.3, 0.4) is 0 Å². The molecule has 1 aromatic rings. The van der Waals surface area contributed by atoms with Crippen LogP contribution >= 0.6 is 22.6 Å². The number of anilines is 1. The van der Waals surface area contributed by atoms with E-state index in [1.165, 1.54) is 6.08 Å². The molecule has 1 amide bonds. The molecule has 8 heteroatoms. The number of allylic oxidation sites excluding steroid dienone is 1. The largest absolute Gasteiger partial charge is 0.456 e. The van der Waals surface area contributed by atoms with E-state index in [0.717, 1.165) is 8.98 Å². The van der Waals surface area contributed by atoms with E-state index in [-0.39, 0.29) is 18.1 Å². The van der Waals surface area contributed by atoms with Crippen molar-refractivity contribution in [3.05, 3.63) is 39.3 Å². The van der Waals surface area contributed by atoms with E-state index in [9.17, 15) is 18.0 Å². The SMILES string of the molecule is O=C(COC(=O)CC1C=CS(=O)(=O)C1)Nc1cccc(I)c1. The van der Waals surface area contributed by atoms with Gasteiger partial charge in [-0.15, -0.1) is 0 Å². The minimum absolute atomic E-state index is 0.0494. The number of rotatable bonds is 5. The van der Waals surface area contributed by atoms with Gasteiger partial charge in [0.15, 0.2) is 16.4 Å². The topological polar surface area (TPSA) is 89.5 Å². The summed E-state index contributed by atoms with van der Waals surface area (Å²) in [5.41, 5.74) is 0.623. The summed E-state index contributed by atoms with van der Waals surface area (Å²) in [6.45, 7) is -0.395. The second-order valence-corrected chi connectivity index (χ2v) is 8.02.